The van der Waals surface area contributed by atoms with Gasteiger partial charge in [0.25, 0.3) is 0 Å². The molecule has 0 saturated carbocycles. The summed E-state index contributed by atoms with van der Waals surface area (Å²) >= 11 is 6.25. The van der Waals surface area contributed by atoms with Crippen molar-refractivity contribution in [2.45, 2.75) is 19.8 Å². The summed E-state index contributed by atoms with van der Waals surface area (Å²) in [5.41, 5.74) is 3.00. The van der Waals surface area contributed by atoms with Crippen molar-refractivity contribution in [1.82, 2.24) is 19.7 Å². The van der Waals surface area contributed by atoms with Gasteiger partial charge in [0, 0.05) is 18.9 Å². The van der Waals surface area contributed by atoms with Crippen LogP contribution in [0.3, 0.4) is 0 Å². The minimum absolute atomic E-state index is 0.391. The number of para-hydroxylation sites is 1. The van der Waals surface area contributed by atoms with Gasteiger partial charge >= 0.3 is 0 Å². The number of nitrogens with one attached hydrogen (secondary N) is 2. The highest BCUT2D eigenvalue weighted by molar-refractivity contribution is 6.32. The van der Waals surface area contributed by atoms with E-state index >= 15 is 0 Å². The minimum Gasteiger partial charge on any atom is -0.339 e. The van der Waals surface area contributed by atoms with Crippen LogP contribution in [0, 0.1) is 0 Å². The Balaban J connectivity index is 1.87. The van der Waals surface area contributed by atoms with Crippen molar-refractivity contribution in [3.05, 3.63) is 53.4 Å². The first-order valence-electron chi connectivity index (χ1n) is 7.67. The Morgan fingerprint density at radius 1 is 1.12 bits per heavy atom. The molecule has 7 heteroatoms. The third-order valence-electron chi connectivity index (χ3n) is 3.54. The predicted octanol–water partition coefficient (Wildman–Crippen LogP) is 4.47. The Labute approximate surface area is 145 Å². The van der Waals surface area contributed by atoms with Crippen LogP contribution in [0.25, 0.3) is 0 Å². The van der Waals surface area contributed by atoms with Gasteiger partial charge in [0.2, 0.25) is 5.95 Å². The summed E-state index contributed by atoms with van der Waals surface area (Å²) in [5, 5.41) is 11.0. The molecule has 0 atom stereocenters. The van der Waals surface area contributed by atoms with Crippen molar-refractivity contribution in [2.24, 2.45) is 7.05 Å². The summed E-state index contributed by atoms with van der Waals surface area (Å²) in [7, 11) is 1.85. The van der Waals surface area contributed by atoms with E-state index in [4.69, 9.17) is 11.6 Å². The van der Waals surface area contributed by atoms with Gasteiger partial charge in [0.15, 0.2) is 5.82 Å². The van der Waals surface area contributed by atoms with Gasteiger partial charge in [0.1, 0.15) is 5.02 Å². The van der Waals surface area contributed by atoms with Crippen molar-refractivity contribution in [2.75, 3.05) is 10.6 Å². The maximum absolute atomic E-state index is 6.25. The second-order valence-corrected chi connectivity index (χ2v) is 6.19. The van der Waals surface area contributed by atoms with Crippen molar-refractivity contribution >= 4 is 34.7 Å². The highest BCUT2D eigenvalue weighted by Crippen LogP contribution is 2.29. The summed E-state index contributed by atoms with van der Waals surface area (Å²) < 4.78 is 1.70. The van der Waals surface area contributed by atoms with E-state index in [-0.39, 0.29) is 0 Å². The van der Waals surface area contributed by atoms with Gasteiger partial charge in [-0.05, 0) is 17.5 Å². The van der Waals surface area contributed by atoms with Crippen molar-refractivity contribution in [3.8, 4) is 0 Å². The molecule has 0 aliphatic carbocycles. The molecule has 24 heavy (non-hydrogen) atoms. The van der Waals surface area contributed by atoms with Crippen LogP contribution < -0.4 is 10.6 Å². The van der Waals surface area contributed by atoms with Crippen LogP contribution in [-0.4, -0.2) is 19.7 Å². The molecule has 2 N–H and O–H groups in total. The maximum Gasteiger partial charge on any atom is 0.229 e. The van der Waals surface area contributed by atoms with E-state index in [0.717, 1.165) is 11.4 Å². The second kappa shape index (κ2) is 6.88. The molecule has 1 aromatic carbocycles. The molecule has 0 amide bonds. The summed E-state index contributed by atoms with van der Waals surface area (Å²) in [6.45, 7) is 4.30. The number of hydrogen-bond acceptors (Lipinski definition) is 5. The first-order valence-corrected chi connectivity index (χ1v) is 8.05. The molecular formula is C17H19ClN6. The normalized spacial score (nSPS) is 10.9. The molecular weight excluding hydrogens is 324 g/mol. The van der Waals surface area contributed by atoms with E-state index in [1.165, 1.54) is 5.56 Å². The smallest absolute Gasteiger partial charge is 0.229 e. The lowest BCUT2D eigenvalue weighted by Gasteiger charge is -2.15. The van der Waals surface area contributed by atoms with E-state index in [9.17, 15) is 0 Å². The molecule has 0 saturated heterocycles. The lowest BCUT2D eigenvalue weighted by Crippen LogP contribution is -2.03. The number of rotatable bonds is 5. The number of aryl methyl sites for hydroxylation is 1. The van der Waals surface area contributed by atoms with Gasteiger partial charge in [-0.2, -0.15) is 10.1 Å². The number of anilines is 4. The van der Waals surface area contributed by atoms with Crippen LogP contribution >= 0.6 is 11.6 Å². The third-order valence-corrected chi connectivity index (χ3v) is 3.82. The first kappa shape index (κ1) is 16.3. The molecule has 3 aromatic rings. The van der Waals surface area contributed by atoms with E-state index < -0.39 is 0 Å². The van der Waals surface area contributed by atoms with E-state index in [1.54, 1.807) is 17.1 Å². The van der Waals surface area contributed by atoms with Gasteiger partial charge in [-0.25, -0.2) is 4.98 Å². The van der Waals surface area contributed by atoms with Crippen LogP contribution in [0.4, 0.5) is 23.1 Å². The third kappa shape index (κ3) is 3.65. The van der Waals surface area contributed by atoms with Gasteiger partial charge < -0.3 is 10.6 Å². The SMILES string of the molecule is CC(C)c1ccccc1Nc1nc(Nc2cnn(C)c2)ncc1Cl. The predicted molar refractivity (Wildman–Crippen MR) is 97.3 cm³/mol. The zero-order valence-electron chi connectivity index (χ0n) is 13.8. The minimum atomic E-state index is 0.391. The fourth-order valence-electron chi connectivity index (χ4n) is 2.37. The number of nitrogens with zero attached hydrogens (tertiary/aromatic N) is 4. The molecule has 0 aliphatic rings. The Hall–Kier alpha value is -2.60. The van der Waals surface area contributed by atoms with Crippen molar-refractivity contribution in [1.29, 1.82) is 0 Å². The number of benzene rings is 1. The molecule has 0 fully saturated rings. The Kier molecular flexibility index (Phi) is 4.66. The van der Waals surface area contributed by atoms with Gasteiger partial charge in [-0.1, -0.05) is 43.6 Å². The molecule has 0 bridgehead atoms. The lowest BCUT2D eigenvalue weighted by molar-refractivity contribution is 0.768. The van der Waals surface area contributed by atoms with Crippen LogP contribution in [0.1, 0.15) is 25.3 Å². The molecule has 3 rings (SSSR count). The van der Waals surface area contributed by atoms with Gasteiger partial charge in [-0.3, -0.25) is 4.68 Å². The Morgan fingerprint density at radius 3 is 2.62 bits per heavy atom. The summed E-state index contributed by atoms with van der Waals surface area (Å²) in [6.07, 6.45) is 5.13. The molecule has 2 aromatic heterocycles. The molecule has 0 unspecified atom stereocenters. The molecule has 124 valence electrons. The maximum atomic E-state index is 6.25. The Bertz CT molecular complexity index is 843. The second-order valence-electron chi connectivity index (χ2n) is 5.78. The largest absolute Gasteiger partial charge is 0.339 e. The Morgan fingerprint density at radius 2 is 1.92 bits per heavy atom. The highest BCUT2D eigenvalue weighted by atomic mass is 35.5. The number of halogens is 1. The van der Waals surface area contributed by atoms with Crippen LogP contribution in [0.5, 0.6) is 0 Å². The number of hydrogen-bond donors (Lipinski definition) is 2. The van der Waals surface area contributed by atoms with Crippen molar-refractivity contribution < 1.29 is 0 Å². The van der Waals surface area contributed by atoms with Gasteiger partial charge in [-0.15, -0.1) is 0 Å². The van der Waals surface area contributed by atoms with Crippen LogP contribution in [-0.2, 0) is 7.05 Å². The quantitative estimate of drug-likeness (QED) is 0.715. The highest BCUT2D eigenvalue weighted by Gasteiger charge is 2.11. The molecule has 0 aliphatic heterocycles. The lowest BCUT2D eigenvalue weighted by atomic mass is 10.0. The topological polar surface area (TPSA) is 67.7 Å². The van der Waals surface area contributed by atoms with Gasteiger partial charge in [0.05, 0.1) is 18.1 Å². The zero-order chi connectivity index (χ0) is 17.1. The molecule has 2 heterocycles. The molecule has 0 radical (unpaired) electrons. The molecule has 0 spiro atoms. The molecule has 6 nitrogen and oxygen atoms in total. The summed E-state index contributed by atoms with van der Waals surface area (Å²) in [5.74, 6) is 1.41. The van der Waals surface area contributed by atoms with Crippen LogP contribution in [0.2, 0.25) is 5.02 Å². The summed E-state index contributed by atoms with van der Waals surface area (Å²) in [4.78, 5) is 8.68. The average Bonchev–Trinajstić information content (AvgIpc) is 2.96. The first-order chi connectivity index (χ1) is 11.5. The average molecular weight is 343 g/mol. The fraction of sp³-hybridized carbons (Fsp3) is 0.235. The monoisotopic (exact) mass is 342 g/mol. The zero-order valence-corrected chi connectivity index (χ0v) is 14.5. The van der Waals surface area contributed by atoms with E-state index in [1.807, 2.05) is 31.4 Å². The van der Waals surface area contributed by atoms with Crippen LogP contribution in [0.15, 0.2) is 42.9 Å². The fourth-order valence-corrected chi connectivity index (χ4v) is 2.51. The van der Waals surface area contributed by atoms with E-state index in [2.05, 4.69) is 45.6 Å². The number of aromatic nitrogens is 4. The van der Waals surface area contributed by atoms with E-state index in [0.29, 0.717) is 22.7 Å². The van der Waals surface area contributed by atoms with Crippen molar-refractivity contribution in [3.63, 3.8) is 0 Å². The standard InChI is InChI=1S/C17H19ClN6/c1-11(2)13-6-4-5-7-15(13)22-16-14(18)9-19-17(23-16)21-12-8-20-24(3)10-12/h4-11H,1-3H3,(H2,19,21,22,23). The summed E-state index contributed by atoms with van der Waals surface area (Å²) in [6, 6.07) is 8.12.